The van der Waals surface area contributed by atoms with Gasteiger partial charge in [0.15, 0.2) is 0 Å². The molecule has 1 nitrogen and oxygen atoms in total. The van der Waals surface area contributed by atoms with Crippen molar-refractivity contribution >= 4 is 11.4 Å². The number of rotatable bonds is 3. The Labute approximate surface area is 149 Å². The lowest BCUT2D eigenvalue weighted by Crippen LogP contribution is -1.94. The highest BCUT2D eigenvalue weighted by atomic mass is 14.7. The summed E-state index contributed by atoms with van der Waals surface area (Å²) in [6.45, 7) is 21.4. The summed E-state index contributed by atoms with van der Waals surface area (Å²) in [6.07, 6.45) is 0. The molecule has 132 valence electrons. The molecule has 1 rings (SSSR count). The zero-order chi connectivity index (χ0) is 18.9. The molecule has 0 bridgehead atoms. The predicted octanol–water partition coefficient (Wildman–Crippen LogP) is 7.83. The van der Waals surface area contributed by atoms with E-state index in [2.05, 4.69) is 74.2 Å². The van der Waals surface area contributed by atoms with Crippen molar-refractivity contribution in [2.24, 2.45) is 4.99 Å². The van der Waals surface area contributed by atoms with E-state index in [1.807, 2.05) is 30.3 Å². The fourth-order valence-electron chi connectivity index (χ4n) is 1.89. The van der Waals surface area contributed by atoms with E-state index >= 15 is 0 Å². The standard InChI is InChI=1S/C13H17N.C10H18/c1-10(2)11(3)12(4)14-13-8-6-5-7-9-13;1-7(2)9(5)10(6)8(3)4/h5-9H,1-4H3;1-6H3. The van der Waals surface area contributed by atoms with Crippen molar-refractivity contribution in [3.8, 4) is 0 Å². The van der Waals surface area contributed by atoms with E-state index in [-0.39, 0.29) is 0 Å². The maximum Gasteiger partial charge on any atom is 0.0632 e. The molecular formula is C23H35N. The molecule has 0 fully saturated rings. The lowest BCUT2D eigenvalue weighted by atomic mass is 10.0. The van der Waals surface area contributed by atoms with Gasteiger partial charge in [-0.2, -0.15) is 0 Å². The fraction of sp³-hybridized carbons (Fsp3) is 0.435. The molecule has 0 spiro atoms. The molecule has 24 heavy (non-hydrogen) atoms. The van der Waals surface area contributed by atoms with Gasteiger partial charge >= 0.3 is 0 Å². The van der Waals surface area contributed by atoms with Crippen molar-refractivity contribution in [3.05, 3.63) is 63.8 Å². The number of aliphatic imine (C=N–C) groups is 1. The third-order valence-electron chi connectivity index (χ3n) is 4.41. The molecule has 0 radical (unpaired) electrons. The molecule has 0 aliphatic carbocycles. The molecule has 0 unspecified atom stereocenters. The van der Waals surface area contributed by atoms with E-state index in [9.17, 15) is 0 Å². The topological polar surface area (TPSA) is 12.4 Å². The number of para-hydroxylation sites is 1. The van der Waals surface area contributed by atoms with Gasteiger partial charge in [0.05, 0.1) is 5.69 Å². The van der Waals surface area contributed by atoms with Crippen molar-refractivity contribution < 1.29 is 0 Å². The lowest BCUT2D eigenvalue weighted by Gasteiger charge is -2.05. The summed E-state index contributed by atoms with van der Waals surface area (Å²) in [4.78, 5) is 4.54. The Morgan fingerprint density at radius 2 is 0.917 bits per heavy atom. The molecule has 0 heterocycles. The van der Waals surface area contributed by atoms with Crippen LogP contribution in [0.1, 0.15) is 69.2 Å². The molecule has 0 amide bonds. The number of allylic oxidation sites excluding steroid dienone is 6. The second kappa shape index (κ2) is 10.8. The number of hydrogen-bond donors (Lipinski definition) is 0. The van der Waals surface area contributed by atoms with Crippen LogP contribution >= 0.6 is 0 Å². The van der Waals surface area contributed by atoms with Crippen molar-refractivity contribution in [2.45, 2.75) is 69.2 Å². The van der Waals surface area contributed by atoms with Crippen LogP contribution in [0, 0.1) is 0 Å². The maximum atomic E-state index is 4.54. The zero-order valence-corrected chi connectivity index (χ0v) is 17.3. The molecule has 1 aromatic carbocycles. The van der Waals surface area contributed by atoms with E-state index in [0.717, 1.165) is 11.4 Å². The average Bonchev–Trinajstić information content (AvgIpc) is 2.53. The van der Waals surface area contributed by atoms with Crippen molar-refractivity contribution in [2.75, 3.05) is 0 Å². The van der Waals surface area contributed by atoms with Crippen LogP contribution in [0.4, 0.5) is 5.69 Å². The van der Waals surface area contributed by atoms with Crippen LogP contribution in [0.5, 0.6) is 0 Å². The Bertz CT molecular complexity index is 619. The zero-order valence-electron chi connectivity index (χ0n) is 17.3. The molecular weight excluding hydrogens is 290 g/mol. The minimum absolute atomic E-state index is 1.02. The van der Waals surface area contributed by atoms with Gasteiger partial charge in [-0.1, -0.05) is 34.9 Å². The molecule has 0 N–H and O–H groups in total. The summed E-state index contributed by atoms with van der Waals surface area (Å²) in [5, 5.41) is 0. The largest absolute Gasteiger partial charge is 0.253 e. The number of nitrogens with zero attached hydrogens (tertiary/aromatic N) is 1. The monoisotopic (exact) mass is 325 g/mol. The first-order chi connectivity index (χ1) is 11.1. The lowest BCUT2D eigenvalue weighted by molar-refractivity contribution is 1.17. The maximum absolute atomic E-state index is 4.54. The number of hydrogen-bond acceptors (Lipinski definition) is 1. The second-order valence-electron chi connectivity index (χ2n) is 6.91. The van der Waals surface area contributed by atoms with Crippen LogP contribution in [0.25, 0.3) is 0 Å². The first-order valence-corrected chi connectivity index (χ1v) is 8.61. The molecule has 0 aliphatic heterocycles. The summed E-state index contributed by atoms with van der Waals surface area (Å²) < 4.78 is 0. The smallest absolute Gasteiger partial charge is 0.0632 e. The molecule has 0 saturated carbocycles. The van der Waals surface area contributed by atoms with Crippen molar-refractivity contribution in [1.29, 1.82) is 0 Å². The van der Waals surface area contributed by atoms with E-state index in [0.29, 0.717) is 0 Å². The summed E-state index contributed by atoms with van der Waals surface area (Å²) in [6, 6.07) is 10.0. The summed E-state index contributed by atoms with van der Waals surface area (Å²) >= 11 is 0. The summed E-state index contributed by atoms with van der Waals surface area (Å²) in [5.74, 6) is 0. The Morgan fingerprint density at radius 1 is 0.542 bits per heavy atom. The summed E-state index contributed by atoms with van der Waals surface area (Å²) in [7, 11) is 0. The van der Waals surface area contributed by atoms with Gasteiger partial charge in [-0.25, -0.2) is 0 Å². The van der Waals surface area contributed by atoms with Crippen LogP contribution in [-0.2, 0) is 0 Å². The van der Waals surface area contributed by atoms with E-state index in [1.54, 1.807) is 0 Å². The molecule has 0 aliphatic rings. The first kappa shape index (κ1) is 22.1. The normalized spacial score (nSPS) is 10.3. The minimum Gasteiger partial charge on any atom is -0.253 e. The number of benzene rings is 1. The highest BCUT2D eigenvalue weighted by molar-refractivity contribution is 5.99. The van der Waals surface area contributed by atoms with Gasteiger partial charge in [-0.15, -0.1) is 0 Å². The highest BCUT2D eigenvalue weighted by Crippen LogP contribution is 2.16. The Morgan fingerprint density at radius 3 is 1.25 bits per heavy atom. The second-order valence-corrected chi connectivity index (χ2v) is 6.91. The van der Waals surface area contributed by atoms with Gasteiger partial charge in [-0.05, 0) is 98.1 Å². The molecule has 1 aromatic rings. The van der Waals surface area contributed by atoms with Gasteiger partial charge in [0.1, 0.15) is 0 Å². The average molecular weight is 326 g/mol. The molecule has 0 saturated heterocycles. The van der Waals surface area contributed by atoms with Crippen LogP contribution in [0.15, 0.2) is 68.8 Å². The van der Waals surface area contributed by atoms with Crippen LogP contribution in [0.3, 0.4) is 0 Å². The molecule has 1 heteroatoms. The van der Waals surface area contributed by atoms with Gasteiger partial charge < -0.3 is 0 Å². The minimum atomic E-state index is 1.02. The van der Waals surface area contributed by atoms with Crippen molar-refractivity contribution in [1.82, 2.24) is 0 Å². The fourth-order valence-corrected chi connectivity index (χ4v) is 1.89. The Balaban J connectivity index is 0.000000470. The van der Waals surface area contributed by atoms with Crippen molar-refractivity contribution in [3.63, 3.8) is 0 Å². The first-order valence-electron chi connectivity index (χ1n) is 8.61. The van der Waals surface area contributed by atoms with Gasteiger partial charge in [0.25, 0.3) is 0 Å². The Kier molecular flexibility index (Phi) is 9.95. The molecule has 0 atom stereocenters. The van der Waals surface area contributed by atoms with Gasteiger partial charge in [0, 0.05) is 5.71 Å². The van der Waals surface area contributed by atoms with Gasteiger partial charge in [-0.3, -0.25) is 4.99 Å². The molecule has 0 aromatic heterocycles. The van der Waals surface area contributed by atoms with E-state index in [4.69, 9.17) is 0 Å². The van der Waals surface area contributed by atoms with E-state index in [1.165, 1.54) is 33.4 Å². The van der Waals surface area contributed by atoms with Crippen LogP contribution in [-0.4, -0.2) is 5.71 Å². The predicted molar refractivity (Wildman–Crippen MR) is 111 cm³/mol. The summed E-state index contributed by atoms with van der Waals surface area (Å²) in [5.41, 5.74) is 10.4. The third-order valence-corrected chi connectivity index (χ3v) is 4.41. The van der Waals surface area contributed by atoms with Crippen LogP contribution < -0.4 is 0 Å². The quantitative estimate of drug-likeness (QED) is 0.396. The van der Waals surface area contributed by atoms with Crippen LogP contribution in [0.2, 0.25) is 0 Å². The van der Waals surface area contributed by atoms with Gasteiger partial charge in [0.2, 0.25) is 0 Å². The SMILES string of the molecule is CC(=Nc1ccccc1)C(C)=C(C)C.CC(C)=C(C)C(C)=C(C)C. The van der Waals surface area contributed by atoms with E-state index < -0.39 is 0 Å². The Hall–Kier alpha value is -1.89. The third kappa shape index (κ3) is 8.10. The highest BCUT2D eigenvalue weighted by Gasteiger charge is 1.97.